The number of nitrogens with zero attached hydrogens (tertiary/aromatic N) is 1. The van der Waals surface area contributed by atoms with Crippen molar-refractivity contribution in [2.24, 2.45) is 23.2 Å². The van der Waals surface area contributed by atoms with Crippen LogP contribution in [0.15, 0.2) is 35.5 Å². The van der Waals surface area contributed by atoms with Gasteiger partial charge in [0, 0.05) is 6.42 Å². The summed E-state index contributed by atoms with van der Waals surface area (Å²) in [6.07, 6.45) is 13.8. The Morgan fingerprint density at radius 1 is 0.975 bits per heavy atom. The van der Waals surface area contributed by atoms with E-state index in [1.54, 1.807) is 5.57 Å². The van der Waals surface area contributed by atoms with Crippen LogP contribution in [0.5, 0.6) is 0 Å². The highest BCUT2D eigenvalue weighted by Gasteiger charge is 2.51. The van der Waals surface area contributed by atoms with Gasteiger partial charge in [-0.25, -0.2) is 0 Å². The van der Waals surface area contributed by atoms with Gasteiger partial charge in [-0.3, -0.25) is 0 Å². The maximum atomic E-state index is 9.36. The van der Waals surface area contributed by atoms with E-state index in [1.807, 2.05) is 0 Å². The lowest BCUT2D eigenvalue weighted by Gasteiger charge is -2.46. The van der Waals surface area contributed by atoms with Crippen LogP contribution < -0.4 is 0 Å². The van der Waals surface area contributed by atoms with Crippen LogP contribution in [0.25, 0.3) is 0 Å². The number of hydrogen-bond donors (Lipinski definition) is 0. The fraction of sp³-hybridized carbons (Fsp3) is 0.800. The Balaban J connectivity index is 1.91. The van der Waals surface area contributed by atoms with Crippen molar-refractivity contribution in [3.63, 3.8) is 0 Å². The molecular weight excluding hydrogens is 523 g/mol. The van der Waals surface area contributed by atoms with Gasteiger partial charge in [0.05, 0.1) is 18.3 Å². The van der Waals surface area contributed by atoms with Crippen molar-refractivity contribution in [1.82, 2.24) is 0 Å². The highest BCUT2D eigenvalue weighted by Crippen LogP contribution is 2.59. The third kappa shape index (κ3) is 6.99. The molecular formula is C35H61NO2Si2. The number of allylic oxidation sites excluding steroid dienone is 3. The van der Waals surface area contributed by atoms with Crippen LogP contribution >= 0.6 is 0 Å². The average Bonchev–Trinajstić information content (AvgIpc) is 3.16. The highest BCUT2D eigenvalue weighted by atomic mass is 28.4. The normalized spacial score (nSPS) is 32.1. The van der Waals surface area contributed by atoms with Crippen LogP contribution in [0.1, 0.15) is 107 Å². The predicted octanol–water partition coefficient (Wildman–Crippen LogP) is 10.7. The Kier molecular flexibility index (Phi) is 10.1. The molecule has 40 heavy (non-hydrogen) atoms. The lowest BCUT2D eigenvalue weighted by Crippen LogP contribution is -2.49. The van der Waals surface area contributed by atoms with Crippen molar-refractivity contribution in [3.05, 3.63) is 35.5 Å². The second kappa shape index (κ2) is 12.0. The van der Waals surface area contributed by atoms with Gasteiger partial charge in [0.15, 0.2) is 16.6 Å². The van der Waals surface area contributed by atoms with Gasteiger partial charge in [0.25, 0.3) is 0 Å². The summed E-state index contributed by atoms with van der Waals surface area (Å²) in [7, 11) is -3.93. The Morgan fingerprint density at radius 2 is 1.50 bits per heavy atom. The molecule has 5 unspecified atom stereocenters. The molecule has 3 aliphatic rings. The van der Waals surface area contributed by atoms with E-state index in [4.69, 9.17) is 8.85 Å². The Hall–Kier alpha value is -0.936. The summed E-state index contributed by atoms with van der Waals surface area (Å²) in [5, 5.41) is 9.66. The van der Waals surface area contributed by atoms with E-state index in [2.05, 4.69) is 106 Å². The van der Waals surface area contributed by atoms with Gasteiger partial charge in [0.2, 0.25) is 0 Å². The largest absolute Gasteiger partial charge is 0.410 e. The van der Waals surface area contributed by atoms with Gasteiger partial charge in [0.1, 0.15) is 0 Å². The molecule has 0 amide bonds. The summed E-state index contributed by atoms with van der Waals surface area (Å²) in [5.41, 5.74) is 4.57. The zero-order valence-corrected chi connectivity index (χ0v) is 30.2. The summed E-state index contributed by atoms with van der Waals surface area (Å²) in [6, 6.07) is 2.45. The maximum absolute atomic E-state index is 9.36. The number of hydrogen-bond acceptors (Lipinski definition) is 3. The van der Waals surface area contributed by atoms with Gasteiger partial charge in [-0.15, -0.1) is 0 Å². The minimum absolute atomic E-state index is 0.0216. The van der Waals surface area contributed by atoms with Crippen molar-refractivity contribution in [1.29, 1.82) is 5.26 Å². The van der Waals surface area contributed by atoms with Crippen molar-refractivity contribution in [2.45, 2.75) is 155 Å². The molecule has 3 aliphatic carbocycles. The van der Waals surface area contributed by atoms with Gasteiger partial charge >= 0.3 is 0 Å². The van der Waals surface area contributed by atoms with Crippen molar-refractivity contribution < 1.29 is 8.85 Å². The number of nitriles is 1. The van der Waals surface area contributed by atoms with Gasteiger partial charge in [-0.2, -0.15) is 5.26 Å². The van der Waals surface area contributed by atoms with E-state index < -0.39 is 16.6 Å². The Labute approximate surface area is 250 Å². The van der Waals surface area contributed by atoms with Crippen LogP contribution in [0.2, 0.25) is 36.3 Å². The van der Waals surface area contributed by atoms with E-state index in [9.17, 15) is 5.26 Å². The molecule has 0 aromatic carbocycles. The Morgan fingerprint density at radius 3 is 1.98 bits per heavy atom. The molecule has 0 bridgehead atoms. The molecule has 0 aromatic rings. The molecule has 6 atom stereocenters. The first-order chi connectivity index (χ1) is 18.2. The van der Waals surface area contributed by atoms with E-state index in [-0.39, 0.29) is 22.3 Å². The Bertz CT molecular complexity index is 993. The molecule has 3 saturated carbocycles. The average molecular weight is 584 g/mol. The van der Waals surface area contributed by atoms with Crippen LogP contribution in [0.3, 0.4) is 0 Å². The number of rotatable bonds is 7. The molecule has 0 aromatic heterocycles. The molecule has 3 fully saturated rings. The molecule has 0 spiro atoms. The second-order valence-electron chi connectivity index (χ2n) is 16.7. The van der Waals surface area contributed by atoms with Crippen molar-refractivity contribution in [3.8, 4) is 6.07 Å². The third-order valence-electron chi connectivity index (χ3n) is 11.9. The lowest BCUT2D eigenvalue weighted by molar-refractivity contribution is 0.0990. The standard InChI is InChI=1S/C35H61NO2Si2/c1-25(20-22-36)29-18-19-30-28(15-14-21-35(29,30)9)17-16-27-23-31(37-39(10,11)33(3,4)5)26(2)32(24-27)38-40(12,13)34(6,7)8/h16-17,25,29-32H,2,14-15,18-21,23-24H2,1,3-13H3/b27-16?,28-17+/t25-,29?,30?,31?,32?,35?/m0/s1. The molecule has 0 N–H and O–H groups in total. The summed E-state index contributed by atoms with van der Waals surface area (Å²) >= 11 is 0. The summed E-state index contributed by atoms with van der Waals surface area (Å²) in [6.45, 7) is 32.8. The van der Waals surface area contributed by atoms with E-state index in [0.29, 0.717) is 29.6 Å². The molecule has 3 rings (SSSR count). The lowest BCUT2D eigenvalue weighted by atomic mass is 9.61. The quantitative estimate of drug-likeness (QED) is 0.221. The predicted molar refractivity (Wildman–Crippen MR) is 176 cm³/mol. The first-order valence-corrected chi connectivity index (χ1v) is 21.8. The molecule has 226 valence electrons. The topological polar surface area (TPSA) is 42.2 Å². The molecule has 0 heterocycles. The zero-order chi connectivity index (χ0) is 30.3. The monoisotopic (exact) mass is 583 g/mol. The van der Waals surface area contributed by atoms with Crippen LogP contribution in [0.4, 0.5) is 0 Å². The molecule has 5 heteroatoms. The maximum Gasteiger partial charge on any atom is 0.192 e. The van der Waals surface area contributed by atoms with E-state index >= 15 is 0 Å². The highest BCUT2D eigenvalue weighted by molar-refractivity contribution is 6.74. The zero-order valence-electron chi connectivity index (χ0n) is 28.2. The first-order valence-electron chi connectivity index (χ1n) is 16.0. The minimum Gasteiger partial charge on any atom is -0.410 e. The van der Waals surface area contributed by atoms with Crippen LogP contribution in [-0.4, -0.2) is 28.8 Å². The smallest absolute Gasteiger partial charge is 0.192 e. The van der Waals surface area contributed by atoms with Crippen molar-refractivity contribution >= 4 is 16.6 Å². The molecule has 3 nitrogen and oxygen atoms in total. The van der Waals surface area contributed by atoms with Crippen LogP contribution in [-0.2, 0) is 8.85 Å². The number of fused-ring (bicyclic) bond motifs is 1. The summed E-state index contributed by atoms with van der Waals surface area (Å²) in [5.74, 6) is 1.81. The van der Waals surface area contributed by atoms with Gasteiger partial charge in [-0.05, 0) is 110 Å². The van der Waals surface area contributed by atoms with Crippen molar-refractivity contribution in [2.75, 3.05) is 0 Å². The molecule has 0 aliphatic heterocycles. The summed E-state index contributed by atoms with van der Waals surface area (Å²) in [4.78, 5) is 0. The minimum atomic E-state index is -1.97. The van der Waals surface area contributed by atoms with Crippen LogP contribution in [0, 0.1) is 34.5 Å². The van der Waals surface area contributed by atoms with Gasteiger partial charge < -0.3 is 8.85 Å². The summed E-state index contributed by atoms with van der Waals surface area (Å²) < 4.78 is 14.1. The third-order valence-corrected chi connectivity index (χ3v) is 20.9. The second-order valence-corrected chi connectivity index (χ2v) is 26.2. The molecule has 0 saturated heterocycles. The molecule has 0 radical (unpaired) electrons. The van der Waals surface area contributed by atoms with Gasteiger partial charge in [-0.1, -0.05) is 85.3 Å². The first kappa shape index (κ1) is 33.6. The fourth-order valence-electron chi connectivity index (χ4n) is 7.19. The van der Waals surface area contributed by atoms with E-state index in [1.165, 1.54) is 37.7 Å². The van der Waals surface area contributed by atoms with E-state index in [0.717, 1.165) is 18.4 Å². The fourth-order valence-corrected chi connectivity index (χ4v) is 9.79. The SMILES string of the molecule is C=C1C(O[Si](C)(C)C(C)(C)C)CC(=C/C=C2\CCCC3(C)C2CCC3[C@@H](C)CC#N)CC1O[Si](C)(C)C(C)(C)C.